The number of hydrogen-bond donors (Lipinski definition) is 2. The van der Waals surface area contributed by atoms with Crippen molar-refractivity contribution in [2.45, 2.75) is 38.8 Å². The number of hydrogen-bond acceptors (Lipinski definition) is 2. The second-order valence-electron chi connectivity index (χ2n) is 5.41. The molecule has 0 atom stereocenters. The van der Waals surface area contributed by atoms with Gasteiger partial charge in [0.25, 0.3) is 0 Å². The summed E-state index contributed by atoms with van der Waals surface area (Å²) in [6, 6.07) is 6.58. The van der Waals surface area contributed by atoms with Crippen LogP contribution in [0.15, 0.2) is 29.3 Å². The maximum absolute atomic E-state index is 12.2. The third kappa shape index (κ3) is 10.8. The highest BCUT2D eigenvalue weighted by Gasteiger charge is 2.27. The summed E-state index contributed by atoms with van der Waals surface area (Å²) in [6.45, 7) is 0.735. The quantitative estimate of drug-likeness (QED) is 0.407. The van der Waals surface area contributed by atoms with Crippen LogP contribution in [0.25, 0.3) is 0 Å². The average Bonchev–Trinajstić information content (AvgIpc) is 2.51. The third-order valence-corrected chi connectivity index (χ3v) is 3.02. The molecule has 148 valence electrons. The Morgan fingerprint density at radius 2 is 1.58 bits per heavy atom. The maximum atomic E-state index is 12.2. The van der Waals surface area contributed by atoms with E-state index >= 15 is 0 Å². The molecule has 26 heavy (non-hydrogen) atoms. The highest BCUT2D eigenvalue weighted by molar-refractivity contribution is 5.79. The van der Waals surface area contributed by atoms with Gasteiger partial charge in [0.2, 0.25) is 0 Å². The second kappa shape index (κ2) is 10.2. The van der Waals surface area contributed by atoms with Crippen LogP contribution in [0.2, 0.25) is 0 Å². The van der Waals surface area contributed by atoms with Crippen molar-refractivity contribution in [1.82, 2.24) is 10.6 Å². The highest BCUT2D eigenvalue weighted by atomic mass is 19.4. The van der Waals surface area contributed by atoms with Crippen molar-refractivity contribution in [3.05, 3.63) is 35.4 Å². The zero-order chi connectivity index (χ0) is 19.6. The number of ether oxygens (including phenoxy) is 1. The molecule has 0 saturated carbocycles. The summed E-state index contributed by atoms with van der Waals surface area (Å²) in [5.41, 5.74) is 1.34. The first-order valence-corrected chi connectivity index (χ1v) is 7.90. The van der Waals surface area contributed by atoms with Crippen LogP contribution in [-0.4, -0.2) is 38.0 Å². The number of nitrogens with one attached hydrogen (secondary N) is 2. The van der Waals surface area contributed by atoms with Crippen LogP contribution in [0.1, 0.15) is 24.5 Å². The lowest BCUT2D eigenvalue weighted by Gasteiger charge is -2.12. The van der Waals surface area contributed by atoms with E-state index in [1.165, 1.54) is 0 Å². The Balaban J connectivity index is 2.50. The third-order valence-electron chi connectivity index (χ3n) is 3.02. The van der Waals surface area contributed by atoms with Gasteiger partial charge in [0.1, 0.15) is 6.61 Å². The molecule has 0 aliphatic rings. The van der Waals surface area contributed by atoms with E-state index < -0.39 is 25.4 Å². The predicted molar refractivity (Wildman–Crippen MR) is 85.6 cm³/mol. The summed E-state index contributed by atoms with van der Waals surface area (Å²) in [7, 11) is 0. The van der Waals surface area contributed by atoms with Gasteiger partial charge < -0.3 is 15.4 Å². The largest absolute Gasteiger partial charge is 0.411 e. The van der Waals surface area contributed by atoms with Gasteiger partial charge in [0.05, 0.1) is 19.6 Å². The van der Waals surface area contributed by atoms with Gasteiger partial charge >= 0.3 is 12.4 Å². The van der Waals surface area contributed by atoms with E-state index in [9.17, 15) is 26.3 Å². The molecule has 0 amide bonds. The number of benzene rings is 1. The van der Waals surface area contributed by atoms with Crippen LogP contribution in [0.3, 0.4) is 0 Å². The summed E-state index contributed by atoms with van der Waals surface area (Å²) in [5, 5.41) is 5.43. The minimum atomic E-state index is -4.36. The molecule has 0 unspecified atom stereocenters. The molecule has 0 spiro atoms. The molecule has 0 aliphatic heterocycles. The smallest absolute Gasteiger partial charge is 0.367 e. The van der Waals surface area contributed by atoms with E-state index in [1.807, 2.05) is 0 Å². The Morgan fingerprint density at radius 3 is 2.12 bits per heavy atom. The van der Waals surface area contributed by atoms with Crippen LogP contribution >= 0.6 is 0 Å². The number of guanidine groups is 1. The lowest BCUT2D eigenvalue weighted by atomic mass is 10.1. The lowest BCUT2D eigenvalue weighted by Crippen LogP contribution is -2.38. The molecular formula is C16H21F6N3O. The molecule has 4 nitrogen and oxygen atoms in total. The average molecular weight is 385 g/mol. The van der Waals surface area contributed by atoms with Crippen LogP contribution in [0, 0.1) is 0 Å². The van der Waals surface area contributed by atoms with Gasteiger partial charge in [-0.3, -0.25) is 0 Å². The molecule has 10 heteroatoms. The van der Waals surface area contributed by atoms with Crippen molar-refractivity contribution in [3.63, 3.8) is 0 Å². The van der Waals surface area contributed by atoms with Crippen molar-refractivity contribution in [2.24, 2.45) is 4.99 Å². The SMILES string of the molecule is CCNC(=NCc1ccc(COCC(F)(F)F)cc1)NCCC(F)(F)F. The molecule has 0 bridgehead atoms. The maximum Gasteiger partial charge on any atom is 0.411 e. The van der Waals surface area contributed by atoms with E-state index in [0.717, 1.165) is 5.56 Å². The highest BCUT2D eigenvalue weighted by Crippen LogP contribution is 2.18. The van der Waals surface area contributed by atoms with E-state index in [1.54, 1.807) is 31.2 Å². The number of nitrogens with zero attached hydrogens (tertiary/aromatic N) is 1. The Labute approximate surface area is 147 Å². The lowest BCUT2D eigenvalue weighted by molar-refractivity contribution is -0.176. The Bertz CT molecular complexity index is 555. The van der Waals surface area contributed by atoms with Gasteiger partial charge in [0, 0.05) is 13.1 Å². The normalized spacial score (nSPS) is 13.0. The minimum absolute atomic E-state index is 0.162. The van der Waals surface area contributed by atoms with Crippen LogP contribution in [0.5, 0.6) is 0 Å². The molecule has 0 aliphatic carbocycles. The molecule has 0 heterocycles. The molecule has 0 radical (unpaired) electrons. The van der Waals surface area contributed by atoms with Crippen molar-refractivity contribution in [3.8, 4) is 0 Å². The first-order chi connectivity index (χ1) is 12.1. The van der Waals surface area contributed by atoms with Gasteiger partial charge in [-0.15, -0.1) is 0 Å². The molecule has 1 aromatic rings. The number of alkyl halides is 6. The second-order valence-corrected chi connectivity index (χ2v) is 5.41. The number of aliphatic imine (C=N–C) groups is 1. The number of halogens is 6. The monoisotopic (exact) mass is 385 g/mol. The Kier molecular flexibility index (Phi) is 8.70. The van der Waals surface area contributed by atoms with Gasteiger partial charge in [-0.25, -0.2) is 4.99 Å². The fourth-order valence-corrected chi connectivity index (χ4v) is 1.86. The first kappa shape index (κ1) is 22.1. The standard InChI is InChI=1S/C16H21F6N3O/c1-2-23-14(24-8-7-15(17,18)19)25-9-12-3-5-13(6-4-12)10-26-11-16(20,21)22/h3-6H,2,7-11H2,1H3,(H2,23,24,25). The van der Waals surface area contributed by atoms with Crippen molar-refractivity contribution >= 4 is 5.96 Å². The van der Waals surface area contributed by atoms with E-state index in [2.05, 4.69) is 20.4 Å². The van der Waals surface area contributed by atoms with E-state index in [4.69, 9.17) is 0 Å². The van der Waals surface area contributed by atoms with Gasteiger partial charge in [0.15, 0.2) is 5.96 Å². The van der Waals surface area contributed by atoms with Crippen molar-refractivity contribution in [1.29, 1.82) is 0 Å². The number of rotatable bonds is 8. The minimum Gasteiger partial charge on any atom is -0.367 e. The summed E-state index contributed by atoms with van der Waals surface area (Å²) in [4.78, 5) is 4.17. The Hall–Kier alpha value is -1.97. The van der Waals surface area contributed by atoms with E-state index in [0.29, 0.717) is 12.1 Å². The summed E-state index contributed by atoms with van der Waals surface area (Å²) >= 11 is 0. The fraction of sp³-hybridized carbons (Fsp3) is 0.562. The van der Waals surface area contributed by atoms with Gasteiger partial charge in [-0.2, -0.15) is 26.3 Å². The molecule has 2 N–H and O–H groups in total. The summed E-state index contributed by atoms with van der Waals surface area (Å²) in [6.07, 6.45) is -9.57. The molecule has 0 saturated heterocycles. The van der Waals surface area contributed by atoms with Crippen LogP contribution in [-0.2, 0) is 17.9 Å². The van der Waals surface area contributed by atoms with Crippen LogP contribution < -0.4 is 10.6 Å². The summed E-state index contributed by atoms with van der Waals surface area (Å²) in [5.74, 6) is 0.259. The molecule has 1 aromatic carbocycles. The predicted octanol–water partition coefficient (Wildman–Crippen LogP) is 3.77. The molecule has 1 rings (SSSR count). The topological polar surface area (TPSA) is 45.7 Å². The summed E-state index contributed by atoms with van der Waals surface area (Å²) < 4.78 is 77.0. The van der Waals surface area contributed by atoms with Crippen molar-refractivity contribution in [2.75, 3.05) is 19.7 Å². The first-order valence-electron chi connectivity index (χ1n) is 7.90. The van der Waals surface area contributed by atoms with Gasteiger partial charge in [-0.1, -0.05) is 24.3 Å². The zero-order valence-corrected chi connectivity index (χ0v) is 14.2. The van der Waals surface area contributed by atoms with Crippen LogP contribution in [0.4, 0.5) is 26.3 Å². The molecular weight excluding hydrogens is 364 g/mol. The zero-order valence-electron chi connectivity index (χ0n) is 14.2. The Morgan fingerprint density at radius 1 is 0.962 bits per heavy atom. The molecule has 0 aromatic heterocycles. The van der Waals surface area contributed by atoms with Crippen molar-refractivity contribution < 1.29 is 31.1 Å². The fourth-order valence-electron chi connectivity index (χ4n) is 1.86. The molecule has 0 fully saturated rings. The van der Waals surface area contributed by atoms with E-state index in [-0.39, 0.29) is 25.7 Å². The van der Waals surface area contributed by atoms with Gasteiger partial charge in [-0.05, 0) is 18.1 Å².